The predicted molar refractivity (Wildman–Crippen MR) is 67.6 cm³/mol. The van der Waals surface area contributed by atoms with Gasteiger partial charge in [0.2, 0.25) is 0 Å². The van der Waals surface area contributed by atoms with E-state index >= 15 is 0 Å². The lowest BCUT2D eigenvalue weighted by atomic mass is 10.3. The first-order valence-electron chi connectivity index (χ1n) is 5.82. The molecule has 2 aromatic carbocycles. The summed E-state index contributed by atoms with van der Waals surface area (Å²) in [5.74, 6) is 0.739. The lowest BCUT2D eigenvalue weighted by Gasteiger charge is -1.98. The molecule has 0 saturated heterocycles. The first-order chi connectivity index (χ1) is 8.84. The van der Waals surface area contributed by atoms with Gasteiger partial charge >= 0.3 is 5.82 Å². The summed E-state index contributed by atoms with van der Waals surface area (Å²) in [7, 11) is 0. The van der Waals surface area contributed by atoms with Crippen molar-refractivity contribution in [1.29, 1.82) is 0 Å². The van der Waals surface area contributed by atoms with Gasteiger partial charge in [0.25, 0.3) is 0 Å². The van der Waals surface area contributed by atoms with Crippen LogP contribution in [0.15, 0.2) is 60.7 Å². The Morgan fingerprint density at radius 2 is 1.47 bits per heavy atom. The number of hydrogen-bond donors (Lipinski definition) is 0. The maximum atomic E-state index is 4.43. The van der Waals surface area contributed by atoms with Crippen LogP contribution in [-0.2, 0) is 0 Å². The van der Waals surface area contributed by atoms with E-state index in [-0.39, 0.29) is 12.4 Å². The lowest BCUT2D eigenvalue weighted by Crippen LogP contribution is -3.00. The molecule has 0 aliphatic carbocycles. The van der Waals surface area contributed by atoms with Gasteiger partial charge < -0.3 is 12.4 Å². The van der Waals surface area contributed by atoms with E-state index in [0.717, 1.165) is 17.2 Å². The molecule has 0 fully saturated rings. The number of nitrogens with zero attached hydrogens (tertiary/aromatic N) is 4. The fourth-order valence-electron chi connectivity index (χ4n) is 1.84. The summed E-state index contributed by atoms with van der Waals surface area (Å²) in [5.41, 5.74) is 1.98. The smallest absolute Gasteiger partial charge is 0.306 e. The van der Waals surface area contributed by atoms with Crippen LogP contribution >= 0.6 is 0 Å². The monoisotopic (exact) mass is 272 g/mol. The second-order valence-corrected chi connectivity index (χ2v) is 4.00. The van der Waals surface area contributed by atoms with Crippen LogP contribution in [0, 0.1) is 6.92 Å². The molecular formula is C14H13ClN4. The van der Waals surface area contributed by atoms with E-state index in [9.17, 15) is 0 Å². The second kappa shape index (κ2) is 5.63. The molecule has 0 aliphatic heterocycles. The summed E-state index contributed by atoms with van der Waals surface area (Å²) >= 11 is 0. The van der Waals surface area contributed by atoms with Crippen molar-refractivity contribution in [2.45, 2.75) is 6.92 Å². The molecule has 19 heavy (non-hydrogen) atoms. The van der Waals surface area contributed by atoms with Crippen molar-refractivity contribution >= 4 is 0 Å². The van der Waals surface area contributed by atoms with Crippen molar-refractivity contribution in [3.8, 4) is 11.4 Å². The van der Waals surface area contributed by atoms with E-state index < -0.39 is 0 Å². The molecular weight excluding hydrogens is 260 g/mol. The highest BCUT2D eigenvalue weighted by Crippen LogP contribution is 2.04. The van der Waals surface area contributed by atoms with Gasteiger partial charge in [0, 0.05) is 11.7 Å². The number of tetrazole rings is 1. The second-order valence-electron chi connectivity index (χ2n) is 4.00. The van der Waals surface area contributed by atoms with Gasteiger partial charge in [0.05, 0.1) is 5.10 Å². The van der Waals surface area contributed by atoms with Crippen LogP contribution in [0.2, 0.25) is 0 Å². The van der Waals surface area contributed by atoms with Crippen LogP contribution in [0.5, 0.6) is 0 Å². The minimum atomic E-state index is 0. The zero-order valence-corrected chi connectivity index (χ0v) is 11.2. The van der Waals surface area contributed by atoms with Crippen LogP contribution in [0.25, 0.3) is 11.4 Å². The van der Waals surface area contributed by atoms with Crippen LogP contribution in [0.4, 0.5) is 0 Å². The minimum Gasteiger partial charge on any atom is -1.00 e. The molecule has 3 rings (SSSR count). The van der Waals surface area contributed by atoms with E-state index in [0.29, 0.717) is 0 Å². The molecule has 0 bridgehead atoms. The number of aromatic nitrogens is 4. The van der Waals surface area contributed by atoms with Gasteiger partial charge in [-0.2, -0.15) is 0 Å². The van der Waals surface area contributed by atoms with Crippen molar-refractivity contribution < 1.29 is 17.2 Å². The molecule has 0 amide bonds. The van der Waals surface area contributed by atoms with Gasteiger partial charge in [-0.3, -0.25) is 0 Å². The maximum Gasteiger partial charge on any atom is 0.306 e. The van der Waals surface area contributed by atoms with E-state index in [1.54, 1.807) is 9.59 Å². The van der Waals surface area contributed by atoms with Crippen molar-refractivity contribution in [3.05, 3.63) is 66.5 Å². The van der Waals surface area contributed by atoms with Gasteiger partial charge in [-0.25, -0.2) is 0 Å². The predicted octanol–water partition coefficient (Wildman–Crippen LogP) is -1.14. The Balaban J connectivity index is 0.00000133. The highest BCUT2D eigenvalue weighted by Gasteiger charge is 2.18. The maximum absolute atomic E-state index is 4.43. The van der Waals surface area contributed by atoms with Crippen molar-refractivity contribution in [3.63, 3.8) is 0 Å². The number of hydrogen-bond acceptors (Lipinski definition) is 2. The third-order valence-electron chi connectivity index (χ3n) is 2.63. The molecule has 5 heteroatoms. The zero-order chi connectivity index (χ0) is 12.4. The Labute approximate surface area is 117 Å². The first-order valence-corrected chi connectivity index (χ1v) is 5.82. The standard InChI is InChI=1S/C14H13N4.ClH/c1-12-15-17(13-8-4-2-5-9-13)18(16-12)14-10-6-3-7-11-14;/h2-11H,1H3;1H/q+1;/p-1. The van der Waals surface area contributed by atoms with Crippen molar-refractivity contribution in [2.75, 3.05) is 0 Å². The Hall–Kier alpha value is -2.20. The highest BCUT2D eigenvalue weighted by atomic mass is 35.5. The third kappa shape index (κ3) is 2.63. The van der Waals surface area contributed by atoms with E-state index in [4.69, 9.17) is 0 Å². The molecule has 4 nitrogen and oxygen atoms in total. The SMILES string of the molecule is Cc1nn(-c2ccccc2)[n+](-c2ccccc2)n1.[Cl-]. The number of benzene rings is 2. The quantitative estimate of drug-likeness (QED) is 0.553. The largest absolute Gasteiger partial charge is 1.00 e. The van der Waals surface area contributed by atoms with Crippen LogP contribution < -0.4 is 17.2 Å². The van der Waals surface area contributed by atoms with Crippen molar-refractivity contribution in [1.82, 2.24) is 15.0 Å². The summed E-state index contributed by atoms with van der Waals surface area (Å²) in [5, 5.41) is 8.85. The summed E-state index contributed by atoms with van der Waals surface area (Å²) < 4.78 is 0. The number of rotatable bonds is 2. The van der Waals surface area contributed by atoms with Gasteiger partial charge in [-0.05, 0) is 34.2 Å². The lowest BCUT2D eigenvalue weighted by molar-refractivity contribution is -0.735. The van der Waals surface area contributed by atoms with Crippen molar-refractivity contribution in [2.24, 2.45) is 0 Å². The molecule has 1 aromatic heterocycles. The average molecular weight is 273 g/mol. The molecule has 0 unspecified atom stereocenters. The Bertz CT molecular complexity index is 593. The molecule has 96 valence electrons. The van der Waals surface area contributed by atoms with E-state index in [1.165, 1.54) is 0 Å². The average Bonchev–Trinajstić information content (AvgIpc) is 2.83. The molecule has 0 atom stereocenters. The molecule has 0 saturated carbocycles. The summed E-state index contributed by atoms with van der Waals surface area (Å²) in [6.45, 7) is 1.89. The molecule has 1 heterocycles. The first kappa shape index (κ1) is 13.2. The fourth-order valence-corrected chi connectivity index (χ4v) is 1.84. The van der Waals surface area contributed by atoms with Crippen LogP contribution in [-0.4, -0.2) is 15.0 Å². The fraction of sp³-hybridized carbons (Fsp3) is 0.0714. The number of para-hydroxylation sites is 2. The Morgan fingerprint density at radius 3 is 2.11 bits per heavy atom. The van der Waals surface area contributed by atoms with Gasteiger partial charge in [0.1, 0.15) is 5.69 Å². The van der Waals surface area contributed by atoms with Crippen LogP contribution in [0.3, 0.4) is 0 Å². The third-order valence-corrected chi connectivity index (χ3v) is 2.63. The molecule has 0 spiro atoms. The molecule has 0 N–H and O–H groups in total. The summed E-state index contributed by atoms with van der Waals surface area (Å²) in [6.07, 6.45) is 0. The van der Waals surface area contributed by atoms with Gasteiger partial charge in [-0.15, -0.1) is 0 Å². The minimum absolute atomic E-state index is 0. The normalized spacial score (nSPS) is 9.95. The Morgan fingerprint density at radius 1 is 0.895 bits per heavy atom. The van der Waals surface area contributed by atoms with Gasteiger partial charge in [0.15, 0.2) is 5.69 Å². The summed E-state index contributed by atoms with van der Waals surface area (Å²) in [4.78, 5) is 3.59. The molecule has 0 radical (unpaired) electrons. The number of halogens is 1. The number of aryl methyl sites for hydroxylation is 1. The summed E-state index contributed by atoms with van der Waals surface area (Å²) in [6, 6.07) is 20.0. The molecule has 0 aliphatic rings. The highest BCUT2D eigenvalue weighted by molar-refractivity contribution is 5.28. The molecule has 3 aromatic rings. The van der Waals surface area contributed by atoms with E-state index in [1.807, 2.05) is 67.6 Å². The van der Waals surface area contributed by atoms with E-state index in [2.05, 4.69) is 10.2 Å². The van der Waals surface area contributed by atoms with Crippen LogP contribution in [0.1, 0.15) is 5.82 Å². The Kier molecular flexibility index (Phi) is 3.92. The van der Waals surface area contributed by atoms with Gasteiger partial charge in [-0.1, -0.05) is 36.4 Å². The zero-order valence-electron chi connectivity index (χ0n) is 10.4. The topological polar surface area (TPSA) is 34.6 Å².